The number of hydrogen-bond acceptors (Lipinski definition) is 1. The van der Waals surface area contributed by atoms with Crippen LogP contribution in [0.3, 0.4) is 0 Å². The Hall–Kier alpha value is -0.900. The van der Waals surface area contributed by atoms with E-state index in [4.69, 9.17) is 0 Å². The quantitative estimate of drug-likeness (QED) is 0.732. The van der Waals surface area contributed by atoms with E-state index in [-0.39, 0.29) is 11.7 Å². The minimum atomic E-state index is -0.324. The average Bonchev–Trinajstić information content (AvgIpc) is 2.37. The lowest BCUT2D eigenvalue weighted by atomic mass is 10.1. The minimum Gasteiger partial charge on any atom is -0.338 e. The van der Waals surface area contributed by atoms with E-state index in [0.29, 0.717) is 17.7 Å². The van der Waals surface area contributed by atoms with Gasteiger partial charge in [0.2, 0.25) is 0 Å². The number of alkyl halides is 1. The van der Waals surface area contributed by atoms with Gasteiger partial charge in [0.05, 0.1) is 0 Å². The van der Waals surface area contributed by atoms with Crippen LogP contribution in [0, 0.1) is 12.7 Å². The second-order valence-corrected chi connectivity index (χ2v) is 5.09. The third-order valence-corrected chi connectivity index (χ3v) is 3.20. The van der Waals surface area contributed by atoms with Gasteiger partial charge in [-0.25, -0.2) is 4.39 Å². The summed E-state index contributed by atoms with van der Waals surface area (Å²) in [5.41, 5.74) is 0.988. The molecule has 1 amide bonds. The molecule has 0 spiro atoms. The zero-order valence-corrected chi connectivity index (χ0v) is 12.5. The second-order valence-electron chi connectivity index (χ2n) is 4.30. The Labute approximate surface area is 116 Å². The normalized spacial score (nSPS) is 10.4. The van der Waals surface area contributed by atoms with Crippen molar-refractivity contribution in [2.45, 2.75) is 26.7 Å². The Morgan fingerprint density at radius 3 is 2.67 bits per heavy atom. The Morgan fingerprint density at radius 2 is 2.11 bits per heavy atom. The molecule has 1 aromatic rings. The number of amides is 1. The van der Waals surface area contributed by atoms with Gasteiger partial charge in [-0.3, -0.25) is 4.79 Å². The summed E-state index contributed by atoms with van der Waals surface area (Å²) in [6.07, 6.45) is 2.00. The van der Waals surface area contributed by atoms with Crippen molar-refractivity contribution in [2.75, 3.05) is 18.4 Å². The summed E-state index contributed by atoms with van der Waals surface area (Å²) in [5, 5.41) is 0.733. The monoisotopic (exact) mass is 315 g/mol. The van der Waals surface area contributed by atoms with Crippen LogP contribution in [0.15, 0.2) is 18.2 Å². The molecule has 0 saturated heterocycles. The van der Waals surface area contributed by atoms with E-state index in [1.807, 2.05) is 0 Å². The molecule has 0 atom stereocenters. The lowest BCUT2D eigenvalue weighted by molar-refractivity contribution is 0.0764. The summed E-state index contributed by atoms with van der Waals surface area (Å²) >= 11 is 3.34. The van der Waals surface area contributed by atoms with Crippen LogP contribution < -0.4 is 0 Å². The van der Waals surface area contributed by atoms with Crippen molar-refractivity contribution >= 4 is 21.8 Å². The van der Waals surface area contributed by atoms with Gasteiger partial charge < -0.3 is 4.90 Å². The van der Waals surface area contributed by atoms with Crippen molar-refractivity contribution in [2.24, 2.45) is 0 Å². The van der Waals surface area contributed by atoms with Crippen LogP contribution in [-0.4, -0.2) is 29.2 Å². The fraction of sp³-hybridized carbons (Fsp3) is 0.500. The molecule has 0 N–H and O–H groups in total. The summed E-state index contributed by atoms with van der Waals surface area (Å²) in [6.45, 7) is 5.14. The third-order valence-electron chi connectivity index (χ3n) is 2.84. The Morgan fingerprint density at radius 1 is 1.39 bits per heavy atom. The predicted molar refractivity (Wildman–Crippen MR) is 75.7 cm³/mol. The van der Waals surface area contributed by atoms with Gasteiger partial charge in [0.15, 0.2) is 0 Å². The molecule has 0 unspecified atom stereocenters. The molecule has 0 aliphatic heterocycles. The number of benzene rings is 1. The van der Waals surface area contributed by atoms with Crippen molar-refractivity contribution in [1.29, 1.82) is 0 Å². The van der Waals surface area contributed by atoms with Crippen molar-refractivity contribution in [3.8, 4) is 0 Å². The van der Waals surface area contributed by atoms with E-state index in [1.54, 1.807) is 24.0 Å². The maximum absolute atomic E-state index is 13.5. The first-order valence-electron chi connectivity index (χ1n) is 6.21. The van der Waals surface area contributed by atoms with Crippen LogP contribution in [0.25, 0.3) is 0 Å². The van der Waals surface area contributed by atoms with Crippen LogP contribution in [-0.2, 0) is 0 Å². The van der Waals surface area contributed by atoms with Crippen LogP contribution in [0.5, 0.6) is 0 Å². The van der Waals surface area contributed by atoms with Crippen molar-refractivity contribution < 1.29 is 9.18 Å². The van der Waals surface area contributed by atoms with Gasteiger partial charge in [-0.05, 0) is 31.0 Å². The summed E-state index contributed by atoms with van der Waals surface area (Å²) in [7, 11) is 0. The number of rotatable bonds is 6. The van der Waals surface area contributed by atoms with Gasteiger partial charge >= 0.3 is 0 Å². The van der Waals surface area contributed by atoms with E-state index in [9.17, 15) is 9.18 Å². The molecular weight excluding hydrogens is 297 g/mol. The largest absolute Gasteiger partial charge is 0.338 e. The molecule has 2 nitrogen and oxygen atoms in total. The molecule has 0 aromatic heterocycles. The van der Waals surface area contributed by atoms with Crippen LogP contribution in [0.2, 0.25) is 0 Å². The first-order valence-corrected chi connectivity index (χ1v) is 7.33. The van der Waals surface area contributed by atoms with E-state index in [2.05, 4.69) is 22.9 Å². The number of nitrogens with zero attached hydrogens (tertiary/aromatic N) is 1. The smallest absolute Gasteiger partial charge is 0.253 e. The Balaban J connectivity index is 2.83. The van der Waals surface area contributed by atoms with Gasteiger partial charge in [0.25, 0.3) is 5.91 Å². The highest BCUT2D eigenvalue weighted by Crippen LogP contribution is 2.12. The lowest BCUT2D eigenvalue weighted by Crippen LogP contribution is -2.33. The van der Waals surface area contributed by atoms with E-state index < -0.39 is 0 Å². The molecule has 0 bridgehead atoms. The molecule has 0 aliphatic carbocycles. The molecule has 0 saturated carbocycles. The number of aryl methyl sites for hydroxylation is 1. The van der Waals surface area contributed by atoms with Gasteiger partial charge in [0, 0.05) is 24.0 Å². The SMILES string of the molecule is CCCCN(CCBr)C(=O)c1ccc(C)c(F)c1. The van der Waals surface area contributed by atoms with Crippen molar-refractivity contribution in [3.63, 3.8) is 0 Å². The highest BCUT2D eigenvalue weighted by molar-refractivity contribution is 9.09. The fourth-order valence-corrected chi connectivity index (χ4v) is 2.10. The topological polar surface area (TPSA) is 20.3 Å². The van der Waals surface area contributed by atoms with Crippen LogP contribution in [0.4, 0.5) is 4.39 Å². The molecular formula is C14H19BrFNO. The van der Waals surface area contributed by atoms with Gasteiger partial charge in [-0.2, -0.15) is 0 Å². The average molecular weight is 316 g/mol. The van der Waals surface area contributed by atoms with E-state index in [1.165, 1.54) is 6.07 Å². The summed E-state index contributed by atoms with van der Waals surface area (Å²) in [5.74, 6) is -0.420. The molecule has 0 aliphatic rings. The first kappa shape index (κ1) is 15.2. The van der Waals surface area contributed by atoms with Gasteiger partial charge in [-0.1, -0.05) is 35.3 Å². The number of hydrogen-bond donors (Lipinski definition) is 0. The summed E-state index contributed by atoms with van der Waals surface area (Å²) in [4.78, 5) is 14.0. The minimum absolute atomic E-state index is 0.0956. The molecule has 0 fully saturated rings. The first-order chi connectivity index (χ1) is 8.60. The highest BCUT2D eigenvalue weighted by atomic mass is 79.9. The molecule has 1 aromatic carbocycles. The van der Waals surface area contributed by atoms with Gasteiger partial charge in [0.1, 0.15) is 5.82 Å². The van der Waals surface area contributed by atoms with Gasteiger partial charge in [-0.15, -0.1) is 0 Å². The maximum Gasteiger partial charge on any atom is 0.253 e. The molecule has 18 heavy (non-hydrogen) atoms. The standard InChI is InChI=1S/C14H19BrFNO/c1-3-4-8-17(9-7-15)14(18)12-6-5-11(2)13(16)10-12/h5-6,10H,3-4,7-9H2,1-2H3. The fourth-order valence-electron chi connectivity index (χ4n) is 1.67. The van der Waals surface area contributed by atoms with Crippen LogP contribution in [0.1, 0.15) is 35.7 Å². The van der Waals surface area contributed by atoms with Crippen molar-refractivity contribution in [3.05, 3.63) is 35.1 Å². The molecule has 0 radical (unpaired) electrons. The second kappa shape index (κ2) is 7.52. The zero-order chi connectivity index (χ0) is 13.5. The highest BCUT2D eigenvalue weighted by Gasteiger charge is 2.15. The number of unbranched alkanes of at least 4 members (excludes halogenated alkanes) is 1. The molecule has 1 rings (SSSR count). The molecule has 100 valence electrons. The Bertz CT molecular complexity index is 409. The van der Waals surface area contributed by atoms with E-state index >= 15 is 0 Å². The maximum atomic E-state index is 13.5. The third kappa shape index (κ3) is 4.09. The molecule has 0 heterocycles. The van der Waals surface area contributed by atoms with E-state index in [0.717, 1.165) is 24.7 Å². The van der Waals surface area contributed by atoms with Crippen LogP contribution >= 0.6 is 15.9 Å². The summed E-state index contributed by atoms with van der Waals surface area (Å²) in [6, 6.07) is 4.66. The Kier molecular flexibility index (Phi) is 6.33. The van der Waals surface area contributed by atoms with Crippen molar-refractivity contribution in [1.82, 2.24) is 4.90 Å². The molecule has 4 heteroatoms. The summed E-state index contributed by atoms with van der Waals surface area (Å²) < 4.78 is 13.5. The predicted octanol–water partition coefficient (Wildman–Crippen LogP) is 3.77. The zero-order valence-electron chi connectivity index (χ0n) is 10.9. The number of halogens is 2. The lowest BCUT2D eigenvalue weighted by Gasteiger charge is -2.21. The number of carbonyl (C=O) groups excluding carboxylic acids is 1. The number of carbonyl (C=O) groups is 1.